The molecule has 0 aliphatic rings. The molecule has 0 amide bonds. The Morgan fingerprint density at radius 1 is 0.679 bits per heavy atom. The van der Waals surface area contributed by atoms with Crippen LogP contribution in [-0.4, -0.2) is 19.6 Å². The summed E-state index contributed by atoms with van der Waals surface area (Å²) < 4.78 is 11.2. The van der Waals surface area contributed by atoms with Gasteiger partial charge in [0.15, 0.2) is 5.69 Å². The highest BCUT2D eigenvalue weighted by Gasteiger charge is 2.29. The fourth-order valence-electron chi connectivity index (χ4n) is 6.96. The molecule has 0 unspecified atom stereocenters. The number of aromatic hydroxyl groups is 1. The van der Waals surface area contributed by atoms with Gasteiger partial charge in [-0.3, -0.25) is 4.57 Å². The van der Waals surface area contributed by atoms with Gasteiger partial charge in [-0.05, 0) is 81.4 Å². The third kappa shape index (κ3) is 6.74. The summed E-state index contributed by atoms with van der Waals surface area (Å²) in [5.74, 6) is 0.270. The van der Waals surface area contributed by atoms with Gasteiger partial charge in [-0.1, -0.05) is 141 Å². The van der Waals surface area contributed by atoms with Gasteiger partial charge < -0.3 is 9.95 Å². The van der Waals surface area contributed by atoms with Crippen molar-refractivity contribution in [2.24, 2.45) is 0 Å². The Bertz CT molecular complexity index is 2570. The highest BCUT2D eigenvalue weighted by Crippen LogP contribution is 2.45. The minimum Gasteiger partial charge on any atom is -0.507 e. The molecule has 0 aliphatic heterocycles. The van der Waals surface area contributed by atoms with Crippen LogP contribution in [0.3, 0.4) is 0 Å². The maximum absolute atomic E-state index is 12.3. The second kappa shape index (κ2) is 13.5. The monoisotopic (exact) mass is 695 g/mol. The van der Waals surface area contributed by atoms with Crippen LogP contribution in [0, 0.1) is 6.57 Å². The van der Waals surface area contributed by atoms with E-state index < -0.39 is 5.89 Å². The van der Waals surface area contributed by atoms with Crippen molar-refractivity contribution in [3.05, 3.63) is 149 Å². The van der Waals surface area contributed by atoms with Crippen LogP contribution in [0.4, 0.5) is 5.82 Å². The lowest BCUT2D eigenvalue weighted by molar-refractivity contribution is 0.446. The van der Waals surface area contributed by atoms with Gasteiger partial charge in [-0.15, -0.1) is 4.98 Å². The number of hydrogen-bond acceptors (Lipinski definition) is 3. The molecule has 0 atom stereocenters. The van der Waals surface area contributed by atoms with Gasteiger partial charge in [0.05, 0.1) is 22.3 Å². The summed E-state index contributed by atoms with van der Waals surface area (Å²) in [4.78, 5) is 13.7. The molecule has 5 nitrogen and oxygen atoms in total. The summed E-state index contributed by atoms with van der Waals surface area (Å²) in [6.07, 6.45) is 0. The first kappa shape index (κ1) is 34.1. The number of para-hydroxylation sites is 2. The standard InChI is InChI=1S/C48H46N4O/c1-30(2)32-25-33(27-34(26-32)40-21-16-24-43(49-9)50-40)37-20-15-23-42-44(37)51-46(38-28-35(47(3,4)5)29-39(45(38)53)48(6,7)8)52(42)41-22-14-13-19-36(41)31-17-11-10-12-18-31/h10-30,53H,1-8H3/i30D. The molecule has 0 bridgehead atoms. The normalized spacial score (nSPS) is 12.5. The summed E-state index contributed by atoms with van der Waals surface area (Å²) in [5.41, 5.74) is 10.9. The van der Waals surface area contributed by atoms with E-state index in [1.54, 1.807) is 6.07 Å². The van der Waals surface area contributed by atoms with Gasteiger partial charge >= 0.3 is 0 Å². The Morgan fingerprint density at radius 3 is 2.06 bits per heavy atom. The van der Waals surface area contributed by atoms with Crippen LogP contribution in [0.25, 0.3) is 66.5 Å². The van der Waals surface area contributed by atoms with E-state index >= 15 is 0 Å². The Balaban J connectivity index is 1.60. The highest BCUT2D eigenvalue weighted by molar-refractivity contribution is 5.97. The zero-order chi connectivity index (χ0) is 38.6. The lowest BCUT2D eigenvalue weighted by atomic mass is 9.79. The summed E-state index contributed by atoms with van der Waals surface area (Å²) in [7, 11) is 0. The molecule has 1 N–H and O–H groups in total. The van der Waals surface area contributed by atoms with Crippen molar-refractivity contribution in [1.29, 1.82) is 0 Å². The molecule has 2 aromatic heterocycles. The first-order valence-electron chi connectivity index (χ1n) is 18.6. The van der Waals surface area contributed by atoms with Crippen molar-refractivity contribution >= 4 is 16.9 Å². The fourth-order valence-corrected chi connectivity index (χ4v) is 6.96. The average Bonchev–Trinajstić information content (AvgIpc) is 3.53. The molecular weight excluding hydrogens is 649 g/mol. The summed E-state index contributed by atoms with van der Waals surface area (Å²) in [6, 6.07) is 40.7. The van der Waals surface area contributed by atoms with Crippen molar-refractivity contribution in [3.8, 4) is 56.3 Å². The van der Waals surface area contributed by atoms with Crippen molar-refractivity contribution < 1.29 is 6.48 Å². The number of phenolic OH excluding ortho intramolecular Hbond substituents is 1. The van der Waals surface area contributed by atoms with Gasteiger partial charge in [0.25, 0.3) is 5.82 Å². The Kier molecular flexibility index (Phi) is 8.71. The molecule has 7 rings (SSSR count). The molecule has 0 saturated carbocycles. The first-order chi connectivity index (χ1) is 25.5. The van der Waals surface area contributed by atoms with E-state index in [1.165, 1.54) is 0 Å². The number of phenols is 1. The van der Waals surface area contributed by atoms with E-state index in [9.17, 15) is 5.11 Å². The summed E-state index contributed by atoms with van der Waals surface area (Å²) in [5, 5.41) is 12.3. The fraction of sp³-hybridized carbons (Fsp3) is 0.229. The molecule has 0 aliphatic carbocycles. The van der Waals surface area contributed by atoms with Crippen LogP contribution in [0.15, 0.2) is 121 Å². The predicted octanol–water partition coefficient (Wildman–Crippen LogP) is 13.1. The number of fused-ring (bicyclic) bond motifs is 1. The first-order valence-corrected chi connectivity index (χ1v) is 18.1. The van der Waals surface area contributed by atoms with E-state index in [2.05, 4.69) is 123 Å². The number of rotatable bonds is 6. The van der Waals surface area contributed by atoms with Crippen LogP contribution in [-0.2, 0) is 10.8 Å². The zero-order valence-electron chi connectivity index (χ0n) is 32.8. The van der Waals surface area contributed by atoms with Gasteiger partial charge in [0, 0.05) is 23.6 Å². The smallest absolute Gasteiger partial charge is 0.270 e. The molecule has 0 radical (unpaired) electrons. The largest absolute Gasteiger partial charge is 0.507 e. The lowest BCUT2D eigenvalue weighted by Crippen LogP contribution is -2.17. The number of nitrogens with zero attached hydrogens (tertiary/aromatic N) is 4. The molecule has 264 valence electrons. The van der Waals surface area contributed by atoms with E-state index in [4.69, 9.17) is 12.9 Å². The zero-order valence-corrected chi connectivity index (χ0v) is 31.8. The Labute approximate surface area is 314 Å². The van der Waals surface area contributed by atoms with Gasteiger partial charge in [-0.2, -0.15) is 0 Å². The van der Waals surface area contributed by atoms with E-state index in [-0.39, 0.29) is 16.6 Å². The Hall–Kier alpha value is -5.99. The van der Waals surface area contributed by atoms with Crippen LogP contribution >= 0.6 is 0 Å². The topological polar surface area (TPSA) is 55.3 Å². The number of aromatic nitrogens is 3. The van der Waals surface area contributed by atoms with Crippen LogP contribution in [0.2, 0.25) is 0 Å². The molecule has 5 aromatic carbocycles. The van der Waals surface area contributed by atoms with Gasteiger partial charge in [0.2, 0.25) is 0 Å². The molecule has 5 heteroatoms. The minimum atomic E-state index is -0.905. The van der Waals surface area contributed by atoms with Gasteiger partial charge in [-0.25, -0.2) is 4.98 Å². The molecule has 7 aromatic rings. The van der Waals surface area contributed by atoms with Crippen molar-refractivity contribution in [1.82, 2.24) is 14.5 Å². The molecule has 0 saturated heterocycles. The van der Waals surface area contributed by atoms with E-state index in [1.807, 2.05) is 62.4 Å². The van der Waals surface area contributed by atoms with Crippen molar-refractivity contribution in [3.63, 3.8) is 0 Å². The maximum atomic E-state index is 12.3. The second-order valence-corrected chi connectivity index (χ2v) is 16.0. The third-order valence-electron chi connectivity index (χ3n) is 9.91. The third-order valence-corrected chi connectivity index (χ3v) is 9.91. The molecule has 0 fully saturated rings. The number of benzene rings is 5. The highest BCUT2D eigenvalue weighted by atomic mass is 16.3. The molecule has 53 heavy (non-hydrogen) atoms. The van der Waals surface area contributed by atoms with Crippen LogP contribution < -0.4 is 0 Å². The quantitative estimate of drug-likeness (QED) is 0.176. The average molecular weight is 696 g/mol. The second-order valence-electron chi connectivity index (χ2n) is 16.0. The number of imidazole rings is 1. The lowest BCUT2D eigenvalue weighted by Gasteiger charge is -2.27. The minimum absolute atomic E-state index is 0.190. The predicted molar refractivity (Wildman–Crippen MR) is 220 cm³/mol. The van der Waals surface area contributed by atoms with Crippen LogP contribution in [0.5, 0.6) is 5.75 Å². The maximum Gasteiger partial charge on any atom is 0.270 e. The number of pyridine rings is 1. The van der Waals surface area contributed by atoms with Crippen LogP contribution in [0.1, 0.15) is 79.3 Å². The van der Waals surface area contributed by atoms with E-state index in [0.29, 0.717) is 22.9 Å². The number of hydrogen-bond donors (Lipinski definition) is 1. The van der Waals surface area contributed by atoms with E-state index in [0.717, 1.165) is 61.2 Å². The molecule has 0 spiro atoms. The SMILES string of the molecule is [2H]C(C)(C)c1cc(-c2cccc([N+]#[C-])n2)cc(-c2cccc3c2nc(-c2cc(C(C)(C)C)cc(C(C)(C)C)c2O)n3-c2ccccc2-c2ccccc2)c1. The molecule has 2 heterocycles. The van der Waals surface area contributed by atoms with Gasteiger partial charge in [0.1, 0.15) is 11.6 Å². The summed E-state index contributed by atoms with van der Waals surface area (Å²) in [6.45, 7) is 24.3. The Morgan fingerprint density at radius 2 is 1.36 bits per heavy atom. The van der Waals surface area contributed by atoms with Crippen molar-refractivity contribution in [2.75, 3.05) is 0 Å². The van der Waals surface area contributed by atoms with Crippen molar-refractivity contribution in [2.45, 2.75) is 72.1 Å². The molecular formula is C48H46N4O. The summed E-state index contributed by atoms with van der Waals surface area (Å²) >= 11 is 0.